The van der Waals surface area contributed by atoms with Crippen LogP contribution in [0.4, 0.5) is 0 Å². The quantitative estimate of drug-likeness (QED) is 0.474. The number of ether oxygens (including phenoxy) is 4. The number of rotatable bonds is 4. The summed E-state index contributed by atoms with van der Waals surface area (Å²) in [5, 5.41) is 0.548. The van der Waals surface area contributed by atoms with Crippen LogP contribution in [0.2, 0.25) is 0 Å². The van der Waals surface area contributed by atoms with Crippen molar-refractivity contribution in [3.05, 3.63) is 35.9 Å². The van der Waals surface area contributed by atoms with Gasteiger partial charge in [0, 0.05) is 12.4 Å². The maximum absolute atomic E-state index is 12.1. The fourth-order valence-electron chi connectivity index (χ4n) is 2.38. The third-order valence-electron chi connectivity index (χ3n) is 3.47. The first-order valence-electron chi connectivity index (χ1n) is 6.40. The molecule has 2 saturated heterocycles. The first-order chi connectivity index (χ1) is 9.74. The van der Waals surface area contributed by atoms with Crippen molar-refractivity contribution in [2.45, 2.75) is 30.7 Å². The van der Waals surface area contributed by atoms with E-state index in [0.717, 1.165) is 0 Å². The van der Waals surface area contributed by atoms with Gasteiger partial charge in [0.05, 0.1) is 5.56 Å². The monoisotopic (exact) mass is 342 g/mol. The SMILES string of the molecule is CO[C@H]1O[C@H](CBr)[C@@H](OC(=O)c2ccccc2)[C@H]2O[C@@H]12. The Kier molecular flexibility index (Phi) is 4.07. The minimum atomic E-state index is -0.418. The molecule has 5 atom stereocenters. The van der Waals surface area contributed by atoms with Gasteiger partial charge in [-0.05, 0) is 12.1 Å². The summed E-state index contributed by atoms with van der Waals surface area (Å²) in [6.07, 6.45) is -1.39. The molecule has 0 radical (unpaired) electrons. The van der Waals surface area contributed by atoms with Crippen LogP contribution in [-0.4, -0.2) is 49.1 Å². The minimum Gasteiger partial charge on any atom is -0.453 e. The van der Waals surface area contributed by atoms with Gasteiger partial charge < -0.3 is 18.9 Å². The first-order valence-corrected chi connectivity index (χ1v) is 7.52. The number of epoxide rings is 1. The van der Waals surface area contributed by atoms with E-state index in [1.165, 1.54) is 0 Å². The number of halogens is 1. The largest absolute Gasteiger partial charge is 0.453 e. The summed E-state index contributed by atoms with van der Waals surface area (Å²) in [6.45, 7) is 0. The number of hydrogen-bond acceptors (Lipinski definition) is 5. The van der Waals surface area contributed by atoms with E-state index in [4.69, 9.17) is 18.9 Å². The van der Waals surface area contributed by atoms with Crippen LogP contribution in [0, 0.1) is 0 Å². The van der Waals surface area contributed by atoms with E-state index >= 15 is 0 Å². The molecule has 2 aliphatic rings. The fourth-order valence-corrected chi connectivity index (χ4v) is 2.90. The van der Waals surface area contributed by atoms with Crippen LogP contribution in [0.15, 0.2) is 30.3 Å². The lowest BCUT2D eigenvalue weighted by Crippen LogP contribution is -2.48. The van der Waals surface area contributed by atoms with Gasteiger partial charge in [-0.15, -0.1) is 0 Å². The van der Waals surface area contributed by atoms with Crippen LogP contribution in [0.1, 0.15) is 10.4 Å². The van der Waals surface area contributed by atoms with E-state index in [0.29, 0.717) is 10.9 Å². The molecule has 1 aromatic rings. The summed E-state index contributed by atoms with van der Waals surface area (Å²) in [6, 6.07) is 8.89. The van der Waals surface area contributed by atoms with Gasteiger partial charge in [0.2, 0.25) is 0 Å². The van der Waals surface area contributed by atoms with Crippen molar-refractivity contribution in [2.75, 3.05) is 12.4 Å². The van der Waals surface area contributed by atoms with Crippen LogP contribution in [-0.2, 0) is 18.9 Å². The maximum atomic E-state index is 12.1. The van der Waals surface area contributed by atoms with Crippen LogP contribution >= 0.6 is 15.9 Å². The predicted octanol–water partition coefficient (Wildman–Crippen LogP) is 1.75. The van der Waals surface area contributed by atoms with E-state index in [-0.39, 0.29) is 24.3 Å². The highest BCUT2D eigenvalue weighted by Gasteiger charge is 2.59. The number of methoxy groups -OCH3 is 1. The summed E-state index contributed by atoms with van der Waals surface area (Å²) < 4.78 is 22.0. The van der Waals surface area contributed by atoms with E-state index < -0.39 is 12.4 Å². The molecule has 108 valence electrons. The number of alkyl halides is 1. The lowest BCUT2D eigenvalue weighted by molar-refractivity contribution is -0.192. The molecule has 6 heteroatoms. The zero-order valence-electron chi connectivity index (χ0n) is 10.9. The summed E-state index contributed by atoms with van der Waals surface area (Å²) >= 11 is 3.37. The van der Waals surface area contributed by atoms with E-state index in [9.17, 15) is 4.79 Å². The number of esters is 1. The van der Waals surface area contributed by atoms with Gasteiger partial charge in [-0.25, -0.2) is 4.79 Å². The van der Waals surface area contributed by atoms with E-state index in [1.807, 2.05) is 6.07 Å². The van der Waals surface area contributed by atoms with Crippen molar-refractivity contribution in [3.63, 3.8) is 0 Å². The zero-order valence-corrected chi connectivity index (χ0v) is 12.5. The van der Waals surface area contributed by atoms with Gasteiger partial charge in [-0.3, -0.25) is 0 Å². The normalized spacial score (nSPS) is 35.2. The third kappa shape index (κ3) is 2.61. The second kappa shape index (κ2) is 5.81. The fraction of sp³-hybridized carbons (Fsp3) is 0.500. The molecule has 0 aliphatic carbocycles. The van der Waals surface area contributed by atoms with Gasteiger partial charge in [-0.2, -0.15) is 0 Å². The van der Waals surface area contributed by atoms with Gasteiger partial charge in [0.25, 0.3) is 0 Å². The standard InChI is InChI=1S/C14H15BrO5/c1-17-14-12-11(19-12)10(9(7-15)18-14)20-13(16)8-5-3-2-4-6-8/h2-6,9-12,14H,7H2,1H3/t9-,10-,11-,12-,14+/m1/s1. The van der Waals surface area contributed by atoms with Crippen molar-refractivity contribution in [2.24, 2.45) is 0 Å². The molecule has 0 unspecified atom stereocenters. The molecule has 2 heterocycles. The lowest BCUT2D eigenvalue weighted by Gasteiger charge is -2.31. The number of benzene rings is 1. The van der Waals surface area contributed by atoms with Crippen LogP contribution in [0.25, 0.3) is 0 Å². The molecule has 0 spiro atoms. The predicted molar refractivity (Wildman–Crippen MR) is 73.8 cm³/mol. The molecule has 1 aromatic carbocycles. The van der Waals surface area contributed by atoms with Crippen LogP contribution in [0.3, 0.4) is 0 Å². The van der Waals surface area contributed by atoms with Gasteiger partial charge in [0.15, 0.2) is 12.4 Å². The zero-order chi connectivity index (χ0) is 14.1. The van der Waals surface area contributed by atoms with Gasteiger partial charge in [0.1, 0.15) is 18.3 Å². The van der Waals surface area contributed by atoms with E-state index in [1.54, 1.807) is 31.4 Å². The molecule has 0 saturated carbocycles. The first kappa shape index (κ1) is 14.0. The Morgan fingerprint density at radius 2 is 2.00 bits per heavy atom. The van der Waals surface area contributed by atoms with Crippen molar-refractivity contribution in [1.29, 1.82) is 0 Å². The topological polar surface area (TPSA) is 57.3 Å². The van der Waals surface area contributed by atoms with Gasteiger partial charge in [-0.1, -0.05) is 34.1 Å². The Morgan fingerprint density at radius 3 is 2.65 bits per heavy atom. The molecule has 2 aliphatic heterocycles. The summed E-state index contributed by atoms with van der Waals surface area (Å²) in [5.41, 5.74) is 0.520. The van der Waals surface area contributed by atoms with Gasteiger partial charge >= 0.3 is 5.97 Å². The van der Waals surface area contributed by atoms with Crippen molar-refractivity contribution < 1.29 is 23.7 Å². The summed E-state index contributed by atoms with van der Waals surface area (Å²) in [7, 11) is 1.57. The molecule has 2 fully saturated rings. The highest BCUT2D eigenvalue weighted by atomic mass is 79.9. The van der Waals surface area contributed by atoms with E-state index in [2.05, 4.69) is 15.9 Å². The smallest absolute Gasteiger partial charge is 0.338 e. The third-order valence-corrected chi connectivity index (χ3v) is 4.10. The average Bonchev–Trinajstić information content (AvgIpc) is 3.29. The Hall–Kier alpha value is -0.950. The minimum absolute atomic E-state index is 0.149. The molecule has 0 N–H and O–H groups in total. The Labute approximate surface area is 125 Å². The number of hydrogen-bond donors (Lipinski definition) is 0. The Bertz CT molecular complexity index is 480. The molecule has 0 amide bonds. The molecule has 20 heavy (non-hydrogen) atoms. The average molecular weight is 343 g/mol. The van der Waals surface area contributed by atoms with Crippen molar-refractivity contribution in [3.8, 4) is 0 Å². The second-order valence-electron chi connectivity index (χ2n) is 4.73. The summed E-state index contributed by atoms with van der Waals surface area (Å²) in [5.74, 6) is -0.365. The molecule has 3 rings (SSSR count). The highest BCUT2D eigenvalue weighted by molar-refractivity contribution is 9.09. The van der Waals surface area contributed by atoms with Crippen LogP contribution < -0.4 is 0 Å². The number of carbonyl (C=O) groups is 1. The highest BCUT2D eigenvalue weighted by Crippen LogP contribution is 2.40. The lowest BCUT2D eigenvalue weighted by atomic mass is 10.1. The molecule has 0 bridgehead atoms. The number of fused-ring (bicyclic) bond motifs is 1. The second-order valence-corrected chi connectivity index (χ2v) is 5.38. The molecular formula is C14H15BrO5. The maximum Gasteiger partial charge on any atom is 0.338 e. The molecular weight excluding hydrogens is 328 g/mol. The number of carbonyl (C=O) groups excluding carboxylic acids is 1. The Balaban J connectivity index is 1.69. The van der Waals surface area contributed by atoms with Crippen molar-refractivity contribution in [1.82, 2.24) is 0 Å². The molecule has 5 nitrogen and oxygen atoms in total. The van der Waals surface area contributed by atoms with Crippen LogP contribution in [0.5, 0.6) is 0 Å². The summed E-state index contributed by atoms with van der Waals surface area (Å²) in [4.78, 5) is 12.1. The Morgan fingerprint density at radius 1 is 1.25 bits per heavy atom. The molecule has 0 aromatic heterocycles. The van der Waals surface area contributed by atoms with Crippen molar-refractivity contribution >= 4 is 21.9 Å².